The minimum atomic E-state index is 0.310. The SMILES string of the molecule is COC(C)C(C(C)C)N(C)C. The van der Waals surface area contributed by atoms with Crippen LogP contribution in [-0.4, -0.2) is 38.3 Å². The molecule has 0 spiro atoms. The molecule has 2 heteroatoms. The van der Waals surface area contributed by atoms with Crippen LogP contribution in [0.4, 0.5) is 0 Å². The molecule has 0 aromatic rings. The van der Waals surface area contributed by atoms with Crippen LogP contribution in [0.1, 0.15) is 20.8 Å². The van der Waals surface area contributed by atoms with Gasteiger partial charge in [-0.15, -0.1) is 0 Å². The number of ether oxygens (including phenoxy) is 1. The van der Waals surface area contributed by atoms with Crippen molar-refractivity contribution in [1.82, 2.24) is 4.90 Å². The van der Waals surface area contributed by atoms with Crippen molar-refractivity contribution in [2.75, 3.05) is 21.2 Å². The molecule has 2 atom stereocenters. The zero-order valence-corrected chi connectivity index (χ0v) is 8.59. The van der Waals surface area contributed by atoms with Crippen LogP contribution in [-0.2, 0) is 4.74 Å². The molecular formula is C9H21NO. The number of nitrogens with zero attached hydrogens (tertiary/aromatic N) is 1. The van der Waals surface area contributed by atoms with Gasteiger partial charge in [-0.2, -0.15) is 0 Å². The fourth-order valence-electron chi connectivity index (χ4n) is 1.70. The van der Waals surface area contributed by atoms with Gasteiger partial charge in [-0.3, -0.25) is 0 Å². The second kappa shape index (κ2) is 4.73. The van der Waals surface area contributed by atoms with Gasteiger partial charge in [0.15, 0.2) is 0 Å². The van der Waals surface area contributed by atoms with Crippen molar-refractivity contribution in [2.45, 2.75) is 32.9 Å². The van der Waals surface area contributed by atoms with Crippen molar-refractivity contribution < 1.29 is 4.74 Å². The van der Waals surface area contributed by atoms with E-state index < -0.39 is 0 Å². The highest BCUT2D eigenvalue weighted by Crippen LogP contribution is 2.13. The van der Waals surface area contributed by atoms with E-state index in [1.54, 1.807) is 7.11 Å². The molecule has 2 nitrogen and oxygen atoms in total. The maximum atomic E-state index is 5.29. The van der Waals surface area contributed by atoms with Crippen LogP contribution >= 0.6 is 0 Å². The van der Waals surface area contributed by atoms with E-state index in [0.717, 1.165) is 0 Å². The first-order valence-electron chi connectivity index (χ1n) is 4.20. The van der Waals surface area contributed by atoms with Crippen molar-refractivity contribution in [3.05, 3.63) is 0 Å². The van der Waals surface area contributed by atoms with Crippen LogP contribution in [0.15, 0.2) is 0 Å². The highest BCUT2D eigenvalue weighted by Gasteiger charge is 2.22. The number of rotatable bonds is 4. The number of hydrogen-bond donors (Lipinski definition) is 0. The Morgan fingerprint density at radius 1 is 1.09 bits per heavy atom. The standard InChI is InChI=1S/C9H21NO/c1-7(2)9(10(4)5)8(3)11-6/h7-9H,1-6H3. The maximum Gasteiger partial charge on any atom is 0.0700 e. The Labute approximate surface area is 70.5 Å². The third-order valence-corrected chi connectivity index (χ3v) is 2.13. The normalized spacial score (nSPS) is 17.5. The van der Waals surface area contributed by atoms with E-state index in [1.807, 2.05) is 0 Å². The second-order valence-electron chi connectivity index (χ2n) is 3.64. The van der Waals surface area contributed by atoms with Gasteiger partial charge in [0, 0.05) is 13.2 Å². The summed E-state index contributed by atoms with van der Waals surface area (Å²) in [4.78, 5) is 2.22. The Morgan fingerprint density at radius 3 is 1.64 bits per heavy atom. The van der Waals surface area contributed by atoms with Gasteiger partial charge in [0.2, 0.25) is 0 Å². The number of hydrogen-bond acceptors (Lipinski definition) is 2. The monoisotopic (exact) mass is 159 g/mol. The van der Waals surface area contributed by atoms with Gasteiger partial charge in [-0.05, 0) is 26.9 Å². The molecule has 0 amide bonds. The molecule has 0 heterocycles. The number of methoxy groups -OCH3 is 1. The Balaban J connectivity index is 4.09. The minimum absolute atomic E-state index is 0.310. The molecule has 0 aliphatic rings. The topological polar surface area (TPSA) is 12.5 Å². The molecule has 0 aromatic heterocycles. The summed E-state index contributed by atoms with van der Waals surface area (Å²) in [6, 6.07) is 0.514. The Bertz CT molecular complexity index is 93.7. The van der Waals surface area contributed by atoms with Crippen LogP contribution in [0.25, 0.3) is 0 Å². The van der Waals surface area contributed by atoms with E-state index in [-0.39, 0.29) is 0 Å². The molecule has 0 aromatic carbocycles. The van der Waals surface area contributed by atoms with Gasteiger partial charge in [0.25, 0.3) is 0 Å². The van der Waals surface area contributed by atoms with Crippen LogP contribution in [0.2, 0.25) is 0 Å². The van der Waals surface area contributed by atoms with Crippen molar-refractivity contribution in [3.8, 4) is 0 Å². The largest absolute Gasteiger partial charge is 0.380 e. The summed E-state index contributed by atoms with van der Waals surface area (Å²) in [5.41, 5.74) is 0. The lowest BCUT2D eigenvalue weighted by Crippen LogP contribution is -2.42. The first-order chi connectivity index (χ1) is 5.00. The molecule has 68 valence electrons. The lowest BCUT2D eigenvalue weighted by Gasteiger charge is -2.32. The number of likely N-dealkylation sites (N-methyl/N-ethyl adjacent to an activating group) is 1. The van der Waals surface area contributed by atoms with Gasteiger partial charge in [0.1, 0.15) is 0 Å². The lowest BCUT2D eigenvalue weighted by atomic mass is 9.98. The van der Waals surface area contributed by atoms with E-state index >= 15 is 0 Å². The quantitative estimate of drug-likeness (QED) is 0.618. The fourth-order valence-corrected chi connectivity index (χ4v) is 1.70. The van der Waals surface area contributed by atoms with Crippen LogP contribution in [0.3, 0.4) is 0 Å². The molecule has 0 fully saturated rings. The predicted molar refractivity (Wildman–Crippen MR) is 48.8 cm³/mol. The molecule has 0 bridgehead atoms. The van der Waals surface area contributed by atoms with E-state index in [9.17, 15) is 0 Å². The van der Waals surface area contributed by atoms with Gasteiger partial charge in [-0.25, -0.2) is 0 Å². The second-order valence-corrected chi connectivity index (χ2v) is 3.64. The van der Waals surface area contributed by atoms with E-state index in [4.69, 9.17) is 4.74 Å². The zero-order valence-electron chi connectivity index (χ0n) is 8.59. The average molecular weight is 159 g/mol. The van der Waals surface area contributed by atoms with Gasteiger partial charge in [0.05, 0.1) is 6.10 Å². The van der Waals surface area contributed by atoms with E-state index in [2.05, 4.69) is 39.8 Å². The highest BCUT2D eigenvalue weighted by atomic mass is 16.5. The van der Waals surface area contributed by atoms with E-state index in [1.165, 1.54) is 0 Å². The Kier molecular flexibility index (Phi) is 4.69. The minimum Gasteiger partial charge on any atom is -0.380 e. The summed E-state index contributed by atoms with van der Waals surface area (Å²) in [5, 5.41) is 0. The first-order valence-corrected chi connectivity index (χ1v) is 4.20. The Hall–Kier alpha value is -0.0800. The predicted octanol–water partition coefficient (Wildman–Crippen LogP) is 1.61. The van der Waals surface area contributed by atoms with Gasteiger partial charge >= 0.3 is 0 Å². The fraction of sp³-hybridized carbons (Fsp3) is 1.00. The molecule has 0 rings (SSSR count). The molecule has 2 unspecified atom stereocenters. The zero-order chi connectivity index (χ0) is 9.02. The summed E-state index contributed by atoms with van der Waals surface area (Å²) < 4.78 is 5.29. The van der Waals surface area contributed by atoms with E-state index in [0.29, 0.717) is 18.1 Å². The highest BCUT2D eigenvalue weighted by molar-refractivity contribution is 4.76. The van der Waals surface area contributed by atoms with Crippen LogP contribution in [0.5, 0.6) is 0 Å². The van der Waals surface area contributed by atoms with Crippen molar-refractivity contribution in [1.29, 1.82) is 0 Å². The summed E-state index contributed by atoms with van der Waals surface area (Å²) in [5.74, 6) is 0.639. The smallest absolute Gasteiger partial charge is 0.0700 e. The van der Waals surface area contributed by atoms with Crippen molar-refractivity contribution in [2.24, 2.45) is 5.92 Å². The molecule has 0 aliphatic heterocycles. The van der Waals surface area contributed by atoms with Gasteiger partial charge in [-0.1, -0.05) is 13.8 Å². The molecule has 0 radical (unpaired) electrons. The third-order valence-electron chi connectivity index (χ3n) is 2.13. The maximum absolute atomic E-state index is 5.29. The lowest BCUT2D eigenvalue weighted by molar-refractivity contribution is 0.0252. The summed E-state index contributed by atoms with van der Waals surface area (Å²) in [7, 11) is 5.96. The molecule has 0 aliphatic carbocycles. The summed E-state index contributed by atoms with van der Waals surface area (Å²) >= 11 is 0. The van der Waals surface area contributed by atoms with Gasteiger partial charge < -0.3 is 9.64 Å². The molecule has 0 saturated carbocycles. The summed E-state index contributed by atoms with van der Waals surface area (Å²) in [6.45, 7) is 6.56. The first kappa shape index (κ1) is 10.9. The molecular weight excluding hydrogens is 138 g/mol. The van der Waals surface area contributed by atoms with Crippen molar-refractivity contribution >= 4 is 0 Å². The van der Waals surface area contributed by atoms with Crippen molar-refractivity contribution in [3.63, 3.8) is 0 Å². The average Bonchev–Trinajstić information content (AvgIpc) is 1.85. The summed E-state index contributed by atoms with van der Waals surface area (Å²) in [6.07, 6.45) is 0.310. The van der Waals surface area contributed by atoms with Crippen LogP contribution < -0.4 is 0 Å². The molecule has 0 saturated heterocycles. The molecule has 0 N–H and O–H groups in total. The Morgan fingerprint density at radius 2 is 1.55 bits per heavy atom. The third kappa shape index (κ3) is 3.21. The molecule has 11 heavy (non-hydrogen) atoms. The van der Waals surface area contributed by atoms with Crippen LogP contribution in [0, 0.1) is 5.92 Å².